The Labute approximate surface area is 157 Å². The van der Waals surface area contributed by atoms with Crippen LogP contribution < -0.4 is 9.08 Å². The second-order valence-electron chi connectivity index (χ2n) is 6.16. The van der Waals surface area contributed by atoms with Gasteiger partial charge in [-0.25, -0.2) is 9.37 Å². The van der Waals surface area contributed by atoms with Gasteiger partial charge in [0.15, 0.2) is 0 Å². The molecule has 1 aromatic carbocycles. The zero-order valence-corrected chi connectivity index (χ0v) is 15.0. The van der Waals surface area contributed by atoms with Gasteiger partial charge in [-0.3, -0.25) is 4.79 Å². The van der Waals surface area contributed by atoms with Crippen LogP contribution in [0.5, 0.6) is 5.75 Å². The molecule has 0 spiro atoms. The van der Waals surface area contributed by atoms with E-state index in [9.17, 15) is 30.8 Å². The highest BCUT2D eigenvalue weighted by Gasteiger charge is 2.48. The van der Waals surface area contributed by atoms with Gasteiger partial charge in [0, 0.05) is 24.6 Å². The van der Waals surface area contributed by atoms with Gasteiger partial charge in [0.2, 0.25) is 0 Å². The average molecular weight is 418 g/mol. The Morgan fingerprint density at radius 1 is 1.21 bits per heavy atom. The summed E-state index contributed by atoms with van der Waals surface area (Å²) in [6, 6.07) is 6.21. The number of nitrogens with zero attached hydrogens (tertiary/aromatic N) is 2. The number of aldehydes is 1. The maximum atomic E-state index is 13.0. The van der Waals surface area contributed by atoms with E-state index in [1.165, 1.54) is 18.2 Å². The van der Waals surface area contributed by atoms with Crippen molar-refractivity contribution in [2.24, 2.45) is 0 Å². The number of halogens is 4. The van der Waals surface area contributed by atoms with Crippen LogP contribution in [-0.4, -0.2) is 38.3 Å². The molecule has 1 fully saturated rings. The summed E-state index contributed by atoms with van der Waals surface area (Å²) >= 11 is 0. The van der Waals surface area contributed by atoms with Gasteiger partial charge in [0.1, 0.15) is 23.7 Å². The third-order valence-electron chi connectivity index (χ3n) is 4.34. The number of carbonyl (C=O) groups excluding carboxylic acids is 1. The molecule has 1 saturated heterocycles. The highest BCUT2D eigenvalue weighted by Crippen LogP contribution is 2.34. The van der Waals surface area contributed by atoms with E-state index in [1.807, 2.05) is 4.90 Å². The SMILES string of the molecule is O=Cc1cc(OS(=O)(=O)C(F)(F)F)ccc1C1CCN(c2ccc(F)cn2)C1. The molecule has 1 unspecified atom stereocenters. The van der Waals surface area contributed by atoms with Gasteiger partial charge in [0.05, 0.1) is 6.20 Å². The molecule has 0 bridgehead atoms. The van der Waals surface area contributed by atoms with Crippen molar-refractivity contribution in [3.63, 3.8) is 0 Å². The summed E-state index contributed by atoms with van der Waals surface area (Å²) in [4.78, 5) is 17.3. The predicted molar refractivity (Wildman–Crippen MR) is 91.2 cm³/mol. The summed E-state index contributed by atoms with van der Waals surface area (Å²) in [6.07, 6.45) is 2.15. The van der Waals surface area contributed by atoms with Gasteiger partial charge < -0.3 is 9.08 Å². The highest BCUT2D eigenvalue weighted by atomic mass is 32.2. The van der Waals surface area contributed by atoms with Gasteiger partial charge in [-0.1, -0.05) is 6.07 Å². The van der Waals surface area contributed by atoms with Crippen LogP contribution in [0.3, 0.4) is 0 Å². The van der Waals surface area contributed by atoms with Crippen LogP contribution in [0.2, 0.25) is 0 Å². The van der Waals surface area contributed by atoms with E-state index in [-0.39, 0.29) is 11.5 Å². The first-order valence-corrected chi connectivity index (χ1v) is 9.48. The van der Waals surface area contributed by atoms with Gasteiger partial charge >= 0.3 is 15.6 Å². The maximum Gasteiger partial charge on any atom is 0.534 e. The summed E-state index contributed by atoms with van der Waals surface area (Å²) in [5.41, 5.74) is -4.98. The topological polar surface area (TPSA) is 76.6 Å². The molecule has 1 aliphatic rings. The lowest BCUT2D eigenvalue weighted by atomic mass is 9.94. The number of benzene rings is 1. The van der Waals surface area contributed by atoms with Gasteiger partial charge in [-0.05, 0) is 36.2 Å². The number of hydrogen-bond acceptors (Lipinski definition) is 6. The van der Waals surface area contributed by atoms with Crippen molar-refractivity contribution in [2.75, 3.05) is 18.0 Å². The fourth-order valence-electron chi connectivity index (χ4n) is 3.03. The van der Waals surface area contributed by atoms with Gasteiger partial charge in [-0.15, -0.1) is 0 Å². The number of anilines is 1. The molecule has 150 valence electrons. The molecule has 2 aromatic rings. The van der Waals surface area contributed by atoms with Gasteiger partial charge in [-0.2, -0.15) is 21.6 Å². The normalized spacial score (nSPS) is 17.6. The average Bonchev–Trinajstić information content (AvgIpc) is 3.10. The third kappa shape index (κ3) is 4.08. The smallest absolute Gasteiger partial charge is 0.376 e. The monoisotopic (exact) mass is 418 g/mol. The van der Waals surface area contributed by atoms with Crippen molar-refractivity contribution in [1.29, 1.82) is 0 Å². The number of aromatic nitrogens is 1. The number of carbonyl (C=O) groups is 1. The lowest BCUT2D eigenvalue weighted by Gasteiger charge is -2.18. The lowest BCUT2D eigenvalue weighted by molar-refractivity contribution is -0.0500. The van der Waals surface area contributed by atoms with E-state index in [4.69, 9.17) is 0 Å². The second-order valence-corrected chi connectivity index (χ2v) is 7.70. The summed E-state index contributed by atoms with van der Waals surface area (Å²) in [5, 5.41) is 0. The number of pyridine rings is 1. The van der Waals surface area contributed by atoms with Crippen molar-refractivity contribution in [2.45, 2.75) is 17.8 Å². The largest absolute Gasteiger partial charge is 0.534 e. The van der Waals surface area contributed by atoms with Crippen LogP contribution in [0.15, 0.2) is 36.5 Å². The lowest BCUT2D eigenvalue weighted by Crippen LogP contribution is -2.28. The van der Waals surface area contributed by atoms with Crippen LogP contribution in [0, 0.1) is 5.82 Å². The van der Waals surface area contributed by atoms with Crippen LogP contribution in [0.25, 0.3) is 0 Å². The molecule has 0 saturated carbocycles. The molecule has 11 heteroatoms. The standard InChI is InChI=1S/C17H14F4N2O4S/c18-13-1-4-16(22-8-13)23-6-5-11(9-23)15-3-2-14(7-12(15)10-24)27-28(25,26)17(19,20)21/h1-4,7-8,10-11H,5-6,9H2. The molecule has 3 rings (SSSR count). The first-order chi connectivity index (χ1) is 13.1. The van der Waals surface area contributed by atoms with Crippen molar-refractivity contribution < 1.29 is 35.0 Å². The summed E-state index contributed by atoms with van der Waals surface area (Å²) in [7, 11) is -5.82. The van der Waals surface area contributed by atoms with Crippen LogP contribution >= 0.6 is 0 Å². The van der Waals surface area contributed by atoms with E-state index in [2.05, 4.69) is 9.17 Å². The minimum atomic E-state index is -5.82. The van der Waals surface area contributed by atoms with E-state index < -0.39 is 27.2 Å². The molecule has 0 amide bonds. The van der Waals surface area contributed by atoms with Crippen LogP contribution in [-0.2, 0) is 10.1 Å². The molecule has 0 aliphatic carbocycles. The predicted octanol–water partition coefficient (Wildman–Crippen LogP) is 3.26. The minimum Gasteiger partial charge on any atom is -0.376 e. The van der Waals surface area contributed by atoms with E-state index in [0.717, 1.165) is 18.3 Å². The van der Waals surface area contributed by atoms with Crippen molar-refractivity contribution in [3.8, 4) is 5.75 Å². The molecule has 6 nitrogen and oxygen atoms in total. The second kappa shape index (κ2) is 7.38. The third-order valence-corrected chi connectivity index (χ3v) is 5.32. The first kappa shape index (κ1) is 20.1. The Hall–Kier alpha value is -2.69. The van der Waals surface area contributed by atoms with E-state index in [0.29, 0.717) is 37.2 Å². The maximum absolute atomic E-state index is 13.0. The summed E-state index contributed by atoms with van der Waals surface area (Å²) in [5.74, 6) is -0.640. The molecule has 28 heavy (non-hydrogen) atoms. The number of rotatable bonds is 5. The van der Waals surface area contributed by atoms with Crippen molar-refractivity contribution >= 4 is 22.2 Å². The Morgan fingerprint density at radius 3 is 2.57 bits per heavy atom. The fourth-order valence-corrected chi connectivity index (χ4v) is 3.48. The summed E-state index contributed by atoms with van der Waals surface area (Å²) in [6.45, 7) is 1.04. The highest BCUT2D eigenvalue weighted by molar-refractivity contribution is 7.88. The molecule has 2 heterocycles. The molecule has 1 aliphatic heterocycles. The molecule has 0 radical (unpaired) electrons. The summed E-state index contributed by atoms with van der Waals surface area (Å²) < 4.78 is 76.6. The Balaban J connectivity index is 1.80. The molecule has 1 aromatic heterocycles. The molecular formula is C17H14F4N2O4S. The quantitative estimate of drug-likeness (QED) is 0.321. The van der Waals surface area contributed by atoms with E-state index in [1.54, 1.807) is 0 Å². The zero-order valence-electron chi connectivity index (χ0n) is 14.2. The van der Waals surface area contributed by atoms with E-state index >= 15 is 0 Å². The first-order valence-electron chi connectivity index (χ1n) is 8.07. The molecular weight excluding hydrogens is 404 g/mol. The van der Waals surface area contributed by atoms with Crippen LogP contribution in [0.1, 0.15) is 28.3 Å². The molecule has 0 N–H and O–H groups in total. The number of alkyl halides is 3. The number of hydrogen-bond donors (Lipinski definition) is 0. The Bertz CT molecular complexity index is 978. The van der Waals surface area contributed by atoms with Crippen LogP contribution in [0.4, 0.5) is 23.4 Å². The van der Waals surface area contributed by atoms with Crippen molar-refractivity contribution in [1.82, 2.24) is 4.98 Å². The molecule has 1 atom stereocenters. The van der Waals surface area contributed by atoms with Crippen molar-refractivity contribution in [3.05, 3.63) is 53.5 Å². The van der Waals surface area contributed by atoms with Gasteiger partial charge in [0.25, 0.3) is 0 Å². The fraction of sp³-hybridized carbons (Fsp3) is 0.294. The Kier molecular flexibility index (Phi) is 5.28. The zero-order chi connectivity index (χ0) is 20.5. The minimum absolute atomic E-state index is 0.0359. The Morgan fingerprint density at radius 2 is 1.96 bits per heavy atom.